The molecule has 2 nitrogen and oxygen atoms in total. The molecule has 1 aliphatic heterocycles. The van der Waals surface area contributed by atoms with E-state index in [4.69, 9.17) is 0 Å². The Kier molecular flexibility index (Phi) is 3.06. The minimum atomic E-state index is -0.489. The van der Waals surface area contributed by atoms with Crippen LogP contribution in [0.15, 0.2) is 24.3 Å². The maximum Gasteiger partial charge on any atom is 0.243 e. The van der Waals surface area contributed by atoms with E-state index < -0.39 is 4.32 Å². The van der Waals surface area contributed by atoms with E-state index in [9.17, 15) is 4.79 Å². The van der Waals surface area contributed by atoms with Gasteiger partial charge in [0.25, 0.3) is 0 Å². The number of carbonyl (C=O) groups excluding carboxylic acids is 1. The minimum Gasteiger partial charge on any atom is -0.311 e. The van der Waals surface area contributed by atoms with Crippen LogP contribution in [0, 0.1) is 0 Å². The van der Waals surface area contributed by atoms with Crippen molar-refractivity contribution in [1.29, 1.82) is 0 Å². The number of benzene rings is 1. The average molecular weight is 282 g/mol. The van der Waals surface area contributed by atoms with E-state index in [1.165, 1.54) is 5.56 Å². The highest BCUT2D eigenvalue weighted by atomic mass is 79.9. The Morgan fingerprint density at radius 2 is 2.06 bits per heavy atom. The summed E-state index contributed by atoms with van der Waals surface area (Å²) in [4.78, 5) is 14.2. The summed E-state index contributed by atoms with van der Waals surface area (Å²) in [5.41, 5.74) is 2.35. The molecule has 0 saturated carbocycles. The molecule has 0 radical (unpaired) electrons. The molecule has 1 amide bonds. The summed E-state index contributed by atoms with van der Waals surface area (Å²) in [5, 5.41) is 0. The molecule has 86 valence electrons. The molecule has 0 atom stereocenters. The van der Waals surface area contributed by atoms with Crippen LogP contribution in [0.4, 0.5) is 5.69 Å². The van der Waals surface area contributed by atoms with Crippen LogP contribution in [0.5, 0.6) is 0 Å². The first-order valence-corrected chi connectivity index (χ1v) is 6.38. The highest BCUT2D eigenvalue weighted by Gasteiger charge is 2.32. The Balaban J connectivity index is 2.36. The molecule has 1 heterocycles. The van der Waals surface area contributed by atoms with E-state index in [1.807, 2.05) is 36.9 Å². The van der Waals surface area contributed by atoms with E-state index in [1.54, 1.807) is 0 Å². The predicted molar refractivity (Wildman–Crippen MR) is 70.1 cm³/mol. The van der Waals surface area contributed by atoms with Gasteiger partial charge in [-0.25, -0.2) is 0 Å². The number of amides is 1. The van der Waals surface area contributed by atoms with Crippen molar-refractivity contribution in [2.24, 2.45) is 0 Å². The lowest BCUT2D eigenvalue weighted by atomic mass is 10.0. The molecule has 0 saturated heterocycles. The van der Waals surface area contributed by atoms with Gasteiger partial charge in [0.15, 0.2) is 0 Å². The smallest absolute Gasteiger partial charge is 0.243 e. The van der Waals surface area contributed by atoms with Crippen LogP contribution in [-0.2, 0) is 11.2 Å². The molecule has 0 spiro atoms. The van der Waals surface area contributed by atoms with Crippen LogP contribution in [-0.4, -0.2) is 16.8 Å². The number of rotatable bonds is 1. The van der Waals surface area contributed by atoms with Crippen LogP contribution >= 0.6 is 15.9 Å². The Morgan fingerprint density at radius 3 is 2.75 bits per heavy atom. The molecule has 0 unspecified atom stereocenters. The topological polar surface area (TPSA) is 20.3 Å². The van der Waals surface area contributed by atoms with Crippen molar-refractivity contribution in [3.8, 4) is 0 Å². The number of anilines is 1. The third kappa shape index (κ3) is 2.14. The van der Waals surface area contributed by atoms with E-state index >= 15 is 0 Å². The van der Waals surface area contributed by atoms with Crippen LogP contribution in [0.3, 0.4) is 0 Å². The molecule has 3 heteroatoms. The molecule has 0 N–H and O–H groups in total. The summed E-state index contributed by atoms with van der Waals surface area (Å²) >= 11 is 3.44. The molecule has 1 aromatic rings. The standard InChI is InChI=1S/C13H16BrNO/c1-13(2,14)12(16)15-9-5-7-10-6-3-4-8-11(10)15/h3-4,6,8H,5,7,9H2,1-2H3. The van der Waals surface area contributed by atoms with Crippen molar-refractivity contribution in [2.45, 2.75) is 31.0 Å². The number of hydrogen-bond donors (Lipinski definition) is 0. The van der Waals surface area contributed by atoms with E-state index in [0.717, 1.165) is 25.1 Å². The van der Waals surface area contributed by atoms with Gasteiger partial charge in [-0.3, -0.25) is 4.79 Å². The summed E-state index contributed by atoms with van der Waals surface area (Å²) in [5.74, 6) is 0.139. The summed E-state index contributed by atoms with van der Waals surface area (Å²) < 4.78 is -0.489. The van der Waals surface area contributed by atoms with Gasteiger partial charge < -0.3 is 4.90 Å². The van der Waals surface area contributed by atoms with Crippen LogP contribution in [0.2, 0.25) is 0 Å². The number of para-hydroxylation sites is 1. The Morgan fingerprint density at radius 1 is 1.38 bits per heavy atom. The normalized spacial score (nSPS) is 15.8. The third-order valence-corrected chi connectivity index (χ3v) is 3.20. The van der Waals surface area contributed by atoms with Gasteiger partial charge in [-0.05, 0) is 38.3 Å². The van der Waals surface area contributed by atoms with Gasteiger partial charge >= 0.3 is 0 Å². The van der Waals surface area contributed by atoms with Gasteiger partial charge in [-0.2, -0.15) is 0 Å². The Hall–Kier alpha value is -0.830. The predicted octanol–water partition coefficient (Wildman–Crippen LogP) is 3.14. The van der Waals surface area contributed by atoms with Gasteiger partial charge in [-0.15, -0.1) is 0 Å². The summed E-state index contributed by atoms with van der Waals surface area (Å²) in [6.07, 6.45) is 2.12. The second-order valence-corrected chi connectivity index (χ2v) is 6.64. The number of fused-ring (bicyclic) bond motifs is 1. The highest BCUT2D eigenvalue weighted by Crippen LogP contribution is 2.30. The monoisotopic (exact) mass is 281 g/mol. The van der Waals surface area contributed by atoms with E-state index in [2.05, 4.69) is 22.0 Å². The average Bonchev–Trinajstić information content (AvgIpc) is 2.26. The van der Waals surface area contributed by atoms with Crippen molar-refractivity contribution in [3.05, 3.63) is 29.8 Å². The van der Waals surface area contributed by atoms with Gasteiger partial charge in [0.2, 0.25) is 5.91 Å². The zero-order valence-corrected chi connectivity index (χ0v) is 11.3. The van der Waals surface area contributed by atoms with Gasteiger partial charge in [0.05, 0.1) is 4.32 Å². The van der Waals surface area contributed by atoms with Crippen LogP contribution < -0.4 is 4.90 Å². The first-order valence-electron chi connectivity index (χ1n) is 5.59. The Bertz CT molecular complexity index is 409. The van der Waals surface area contributed by atoms with E-state index in [0.29, 0.717) is 0 Å². The van der Waals surface area contributed by atoms with Gasteiger partial charge in [0, 0.05) is 12.2 Å². The molecule has 0 bridgehead atoms. The van der Waals surface area contributed by atoms with Gasteiger partial charge in [-0.1, -0.05) is 34.1 Å². The molecule has 1 aromatic carbocycles. The quantitative estimate of drug-likeness (QED) is 0.725. The van der Waals surface area contributed by atoms with Crippen molar-refractivity contribution >= 4 is 27.5 Å². The number of aryl methyl sites for hydroxylation is 1. The summed E-state index contributed by atoms with van der Waals surface area (Å²) in [7, 11) is 0. The second kappa shape index (κ2) is 4.21. The lowest BCUT2D eigenvalue weighted by Crippen LogP contribution is -2.44. The lowest BCUT2D eigenvalue weighted by Gasteiger charge is -2.33. The van der Waals surface area contributed by atoms with E-state index in [-0.39, 0.29) is 5.91 Å². The lowest BCUT2D eigenvalue weighted by molar-refractivity contribution is -0.120. The minimum absolute atomic E-state index is 0.139. The zero-order valence-electron chi connectivity index (χ0n) is 9.66. The SMILES string of the molecule is CC(C)(Br)C(=O)N1CCCc2ccccc21. The number of hydrogen-bond acceptors (Lipinski definition) is 1. The largest absolute Gasteiger partial charge is 0.311 e. The molecular weight excluding hydrogens is 266 g/mol. The number of alkyl halides is 1. The van der Waals surface area contributed by atoms with Crippen LogP contribution in [0.1, 0.15) is 25.8 Å². The summed E-state index contributed by atoms with van der Waals surface area (Å²) in [6, 6.07) is 8.17. The number of nitrogens with zero attached hydrogens (tertiary/aromatic N) is 1. The molecule has 2 rings (SSSR count). The first kappa shape index (κ1) is 11.6. The fraction of sp³-hybridized carbons (Fsp3) is 0.462. The summed E-state index contributed by atoms with van der Waals surface area (Å²) in [6.45, 7) is 4.62. The second-order valence-electron chi connectivity index (χ2n) is 4.66. The number of carbonyl (C=O) groups is 1. The third-order valence-electron chi connectivity index (χ3n) is 2.86. The molecular formula is C13H16BrNO. The molecule has 0 aliphatic carbocycles. The van der Waals surface area contributed by atoms with Crippen LogP contribution in [0.25, 0.3) is 0 Å². The van der Waals surface area contributed by atoms with Crippen molar-refractivity contribution in [2.75, 3.05) is 11.4 Å². The highest BCUT2D eigenvalue weighted by molar-refractivity contribution is 9.10. The maximum absolute atomic E-state index is 12.3. The Labute approximate surface area is 105 Å². The molecule has 1 aliphatic rings. The first-order chi connectivity index (χ1) is 7.50. The fourth-order valence-electron chi connectivity index (χ4n) is 2.07. The fourth-order valence-corrected chi connectivity index (χ4v) is 2.28. The van der Waals surface area contributed by atoms with Gasteiger partial charge in [0.1, 0.15) is 0 Å². The maximum atomic E-state index is 12.3. The molecule has 16 heavy (non-hydrogen) atoms. The zero-order chi connectivity index (χ0) is 11.8. The number of halogens is 1. The van der Waals surface area contributed by atoms with Crippen molar-refractivity contribution in [1.82, 2.24) is 0 Å². The molecule has 0 fully saturated rings. The molecule has 0 aromatic heterocycles. The van der Waals surface area contributed by atoms with Crippen molar-refractivity contribution in [3.63, 3.8) is 0 Å². The van der Waals surface area contributed by atoms with Crippen molar-refractivity contribution < 1.29 is 4.79 Å².